The summed E-state index contributed by atoms with van der Waals surface area (Å²) in [6, 6.07) is 8.12. The Bertz CT molecular complexity index is 1480. The summed E-state index contributed by atoms with van der Waals surface area (Å²) in [5, 5.41) is 4.41. The van der Waals surface area contributed by atoms with E-state index in [9.17, 15) is 4.79 Å². The lowest BCUT2D eigenvalue weighted by atomic mass is 10.1. The van der Waals surface area contributed by atoms with E-state index >= 15 is 0 Å². The molecule has 2 saturated heterocycles. The fourth-order valence-electron chi connectivity index (χ4n) is 5.47. The second kappa shape index (κ2) is 11.3. The lowest BCUT2D eigenvalue weighted by molar-refractivity contribution is 0.0166. The normalized spacial score (nSPS) is 17.9. The van der Waals surface area contributed by atoms with Gasteiger partial charge in [-0.2, -0.15) is 0 Å². The third-order valence-corrected chi connectivity index (χ3v) is 7.64. The van der Waals surface area contributed by atoms with Crippen LogP contribution in [0.15, 0.2) is 60.2 Å². The first-order valence-electron chi connectivity index (χ1n) is 14.6. The van der Waals surface area contributed by atoms with Gasteiger partial charge >= 0.3 is 6.09 Å². The predicted molar refractivity (Wildman–Crippen MR) is 160 cm³/mol. The van der Waals surface area contributed by atoms with Gasteiger partial charge in [-0.1, -0.05) is 6.07 Å². The van der Waals surface area contributed by atoms with Gasteiger partial charge in [-0.15, -0.1) is 0 Å². The Morgan fingerprint density at radius 2 is 1.71 bits per heavy atom. The smallest absolute Gasteiger partial charge is 0.410 e. The van der Waals surface area contributed by atoms with Gasteiger partial charge in [0.25, 0.3) is 0 Å². The van der Waals surface area contributed by atoms with Gasteiger partial charge in [-0.3, -0.25) is 0 Å². The highest BCUT2D eigenvalue weighted by molar-refractivity contribution is 5.84. The number of nitrogens with zero attached hydrogens (tertiary/aromatic N) is 7. The molecular weight excluding hydrogens is 516 g/mol. The molecule has 2 aromatic heterocycles. The van der Waals surface area contributed by atoms with Gasteiger partial charge < -0.3 is 24.8 Å². The molecule has 0 spiro atoms. The molecule has 0 bridgehead atoms. The molecule has 3 aliphatic rings. The van der Waals surface area contributed by atoms with Crippen LogP contribution in [0.4, 0.5) is 16.7 Å². The first kappa shape index (κ1) is 27.0. The molecule has 2 fully saturated rings. The van der Waals surface area contributed by atoms with Crippen LogP contribution in [0.2, 0.25) is 0 Å². The number of carbonyl (C=O) groups excluding carboxylic acids is 1. The first-order chi connectivity index (χ1) is 19.8. The van der Waals surface area contributed by atoms with E-state index < -0.39 is 5.60 Å². The fourth-order valence-corrected chi connectivity index (χ4v) is 5.47. The van der Waals surface area contributed by atoms with Crippen LogP contribution in [0.1, 0.15) is 46.5 Å². The van der Waals surface area contributed by atoms with Crippen molar-refractivity contribution in [2.24, 2.45) is 0 Å². The number of benzene rings is 1. The summed E-state index contributed by atoms with van der Waals surface area (Å²) < 4.78 is 5.52. The number of fused-ring (bicyclic) bond motifs is 1. The highest BCUT2D eigenvalue weighted by Crippen LogP contribution is 2.27. The number of amides is 1. The Hall–Kier alpha value is -4.21. The van der Waals surface area contributed by atoms with Gasteiger partial charge in [-0.25, -0.2) is 24.7 Å². The maximum absolute atomic E-state index is 12.4. The zero-order valence-electron chi connectivity index (χ0n) is 24.1. The predicted octanol–water partition coefficient (Wildman–Crippen LogP) is 5.21. The molecule has 4 heterocycles. The molecule has 1 aliphatic carbocycles. The van der Waals surface area contributed by atoms with E-state index in [1.807, 2.05) is 39.1 Å². The van der Waals surface area contributed by atoms with Crippen LogP contribution < -0.4 is 10.2 Å². The van der Waals surface area contributed by atoms with Crippen LogP contribution in [-0.2, 0) is 4.74 Å². The Balaban J connectivity index is 1.08. The highest BCUT2D eigenvalue weighted by atomic mass is 16.6. The van der Waals surface area contributed by atoms with E-state index in [1.54, 1.807) is 11.1 Å². The Morgan fingerprint density at radius 3 is 2.44 bits per heavy atom. The van der Waals surface area contributed by atoms with E-state index in [2.05, 4.69) is 49.4 Å². The summed E-state index contributed by atoms with van der Waals surface area (Å²) in [5.41, 5.74) is 4.70. The average Bonchev–Trinajstić information content (AvgIpc) is 3.52. The summed E-state index contributed by atoms with van der Waals surface area (Å²) in [6.45, 7) is 10.7. The van der Waals surface area contributed by atoms with Gasteiger partial charge in [0.05, 0.1) is 11.2 Å². The van der Waals surface area contributed by atoms with Crippen molar-refractivity contribution in [3.63, 3.8) is 0 Å². The van der Waals surface area contributed by atoms with Crippen molar-refractivity contribution in [2.75, 3.05) is 49.5 Å². The maximum Gasteiger partial charge on any atom is 0.410 e. The Morgan fingerprint density at radius 1 is 0.902 bits per heavy atom. The largest absolute Gasteiger partial charge is 0.444 e. The van der Waals surface area contributed by atoms with E-state index in [4.69, 9.17) is 14.7 Å². The molecule has 1 amide bonds. The lowest BCUT2D eigenvalue weighted by Crippen LogP contribution is -2.49. The van der Waals surface area contributed by atoms with Crippen LogP contribution in [0, 0.1) is 0 Å². The molecule has 2 aliphatic heterocycles. The summed E-state index contributed by atoms with van der Waals surface area (Å²) in [7, 11) is 0. The molecule has 1 aromatic carbocycles. The van der Waals surface area contributed by atoms with Gasteiger partial charge in [0, 0.05) is 74.0 Å². The van der Waals surface area contributed by atoms with Gasteiger partial charge in [0.1, 0.15) is 5.60 Å². The van der Waals surface area contributed by atoms with E-state index in [0.29, 0.717) is 19.0 Å². The average molecular weight is 555 g/mol. The molecule has 1 N–H and O–H groups in total. The number of hydrogen-bond donors (Lipinski definition) is 1. The number of ether oxygens (including phenoxy) is 1. The van der Waals surface area contributed by atoms with Crippen molar-refractivity contribution in [1.82, 2.24) is 29.7 Å². The molecule has 0 unspecified atom stereocenters. The number of aromatic nitrogens is 4. The number of nitrogens with one attached hydrogen (secondary N) is 1. The SMILES string of the molecule is CC(C)(C)OC(=O)N1CCN(C2=CC=C(Nc3nccc(-c4ccc5nc(N6CCCC6)ncc5c4)n3)CC2)CC1. The first-order valence-corrected chi connectivity index (χ1v) is 14.6. The van der Waals surface area contributed by atoms with Gasteiger partial charge in [0.15, 0.2) is 0 Å². The molecule has 0 saturated carbocycles. The highest BCUT2D eigenvalue weighted by Gasteiger charge is 2.27. The van der Waals surface area contributed by atoms with Crippen LogP contribution in [0.5, 0.6) is 0 Å². The van der Waals surface area contributed by atoms with Crippen LogP contribution >= 0.6 is 0 Å². The van der Waals surface area contributed by atoms with Crippen LogP contribution in [-0.4, -0.2) is 80.7 Å². The van der Waals surface area contributed by atoms with Crippen molar-refractivity contribution in [1.29, 1.82) is 0 Å². The number of piperazine rings is 1. The van der Waals surface area contributed by atoms with Gasteiger partial charge in [0.2, 0.25) is 11.9 Å². The zero-order chi connectivity index (χ0) is 28.4. The van der Waals surface area contributed by atoms with Gasteiger partial charge in [-0.05, 0) is 76.8 Å². The minimum Gasteiger partial charge on any atom is -0.444 e. The summed E-state index contributed by atoms with van der Waals surface area (Å²) in [5.74, 6) is 1.40. The third-order valence-electron chi connectivity index (χ3n) is 7.64. The number of rotatable bonds is 5. The second-order valence-corrected chi connectivity index (χ2v) is 11.8. The number of hydrogen-bond acceptors (Lipinski definition) is 9. The number of carbonyl (C=O) groups is 1. The Labute approximate surface area is 241 Å². The molecule has 10 heteroatoms. The maximum atomic E-state index is 12.4. The van der Waals surface area contributed by atoms with Crippen molar-refractivity contribution >= 4 is 28.9 Å². The molecule has 0 radical (unpaired) electrons. The van der Waals surface area contributed by atoms with Crippen molar-refractivity contribution in [3.8, 4) is 11.3 Å². The standard InChI is InChI=1S/C31H38N8O2/c1-31(2,3)41-30(40)39-18-16-37(17-19-39)25-9-7-24(8-10-25)34-28-32-13-12-27(35-28)22-6-11-26-23(20-22)21-33-29(36-26)38-14-4-5-15-38/h6-7,9,11-13,20-21H,4-5,8,10,14-19H2,1-3H3,(H,32,34,35). The molecular formula is C31H38N8O2. The fraction of sp³-hybridized carbons (Fsp3) is 0.452. The Kier molecular flexibility index (Phi) is 7.47. The van der Waals surface area contributed by atoms with E-state index in [-0.39, 0.29) is 6.09 Å². The molecule has 10 nitrogen and oxygen atoms in total. The molecule has 3 aromatic rings. The van der Waals surface area contributed by atoms with E-state index in [0.717, 1.165) is 72.8 Å². The molecule has 214 valence electrons. The van der Waals surface area contributed by atoms with Crippen molar-refractivity contribution in [2.45, 2.75) is 52.1 Å². The van der Waals surface area contributed by atoms with E-state index in [1.165, 1.54) is 18.5 Å². The quantitative estimate of drug-likeness (QED) is 0.455. The monoisotopic (exact) mass is 554 g/mol. The van der Waals surface area contributed by atoms with Crippen LogP contribution in [0.25, 0.3) is 22.2 Å². The molecule has 0 atom stereocenters. The molecule has 6 rings (SSSR count). The summed E-state index contributed by atoms with van der Waals surface area (Å²) in [4.78, 5) is 37.4. The minimum atomic E-state index is -0.473. The lowest BCUT2D eigenvalue weighted by Gasteiger charge is -2.38. The summed E-state index contributed by atoms with van der Waals surface area (Å²) >= 11 is 0. The number of anilines is 2. The number of allylic oxidation sites excluding steroid dienone is 4. The van der Waals surface area contributed by atoms with Crippen molar-refractivity contribution < 1.29 is 9.53 Å². The summed E-state index contributed by atoms with van der Waals surface area (Å²) in [6.07, 6.45) is 11.9. The van der Waals surface area contributed by atoms with Crippen molar-refractivity contribution in [3.05, 3.63) is 60.2 Å². The second-order valence-electron chi connectivity index (χ2n) is 11.8. The zero-order valence-corrected chi connectivity index (χ0v) is 24.1. The minimum absolute atomic E-state index is 0.230. The topological polar surface area (TPSA) is 99.6 Å². The molecule has 41 heavy (non-hydrogen) atoms. The van der Waals surface area contributed by atoms with Crippen LogP contribution in [0.3, 0.4) is 0 Å². The third kappa shape index (κ3) is 6.42.